The molecule has 1 amide bonds. The van der Waals surface area contributed by atoms with Crippen LogP contribution in [0.2, 0.25) is 0 Å². The molecule has 2 fully saturated rings. The fourth-order valence-electron chi connectivity index (χ4n) is 3.16. The van der Waals surface area contributed by atoms with Crippen molar-refractivity contribution >= 4 is 5.91 Å². The summed E-state index contributed by atoms with van der Waals surface area (Å²) in [7, 11) is 3.72. The zero-order valence-corrected chi connectivity index (χ0v) is 10.1. The van der Waals surface area contributed by atoms with Crippen LogP contribution in [-0.2, 0) is 4.79 Å². The second kappa shape index (κ2) is 3.78. The van der Waals surface area contributed by atoms with Crippen LogP contribution in [0.4, 0.5) is 0 Å². The van der Waals surface area contributed by atoms with Crippen LogP contribution in [0, 0.1) is 11.3 Å². The molecule has 1 spiro atoms. The molecule has 0 N–H and O–H groups in total. The first kappa shape index (κ1) is 10.9. The molecule has 1 saturated heterocycles. The lowest BCUT2D eigenvalue weighted by molar-refractivity contribution is -0.152. The monoisotopic (exact) mass is 210 g/mol. The molecule has 1 saturated carbocycles. The number of likely N-dealkylation sites (tertiary alicyclic amines) is 1. The lowest BCUT2D eigenvalue weighted by Gasteiger charge is -2.59. The molecule has 0 bridgehead atoms. The van der Waals surface area contributed by atoms with Gasteiger partial charge in [0.25, 0.3) is 0 Å². The van der Waals surface area contributed by atoms with Crippen molar-refractivity contribution in [3.05, 3.63) is 0 Å². The first-order chi connectivity index (χ1) is 7.06. The highest BCUT2D eigenvalue weighted by Crippen LogP contribution is 2.52. The number of carbonyl (C=O) groups is 1. The van der Waals surface area contributed by atoms with Gasteiger partial charge in [-0.15, -0.1) is 0 Å². The van der Waals surface area contributed by atoms with Gasteiger partial charge in [-0.3, -0.25) is 4.79 Å². The van der Waals surface area contributed by atoms with Gasteiger partial charge in [-0.25, -0.2) is 0 Å². The molecular formula is C12H22N2O. The summed E-state index contributed by atoms with van der Waals surface area (Å²) in [6.07, 6.45) is 3.50. The maximum absolute atomic E-state index is 11.7. The van der Waals surface area contributed by atoms with Crippen LogP contribution in [0.15, 0.2) is 0 Å². The van der Waals surface area contributed by atoms with Crippen LogP contribution in [-0.4, -0.2) is 49.4 Å². The SMILES string of the molecule is CCCN1CC2(CC(C(=O)N(C)C)C2)C1. The van der Waals surface area contributed by atoms with E-state index in [1.807, 2.05) is 14.1 Å². The normalized spacial score (nSPS) is 24.7. The number of nitrogens with zero attached hydrogens (tertiary/aromatic N) is 2. The Bertz CT molecular complexity index is 248. The topological polar surface area (TPSA) is 23.6 Å². The number of rotatable bonds is 3. The molecule has 0 radical (unpaired) electrons. The third-order valence-electron chi connectivity index (χ3n) is 3.81. The minimum atomic E-state index is 0.323. The van der Waals surface area contributed by atoms with E-state index >= 15 is 0 Å². The lowest BCUT2D eigenvalue weighted by Crippen LogP contribution is -2.63. The maximum Gasteiger partial charge on any atom is 0.225 e. The molecule has 15 heavy (non-hydrogen) atoms. The molecule has 2 aliphatic rings. The molecule has 1 aliphatic carbocycles. The molecule has 0 aromatic heterocycles. The van der Waals surface area contributed by atoms with Crippen molar-refractivity contribution in [3.63, 3.8) is 0 Å². The number of hydrogen-bond acceptors (Lipinski definition) is 2. The number of carbonyl (C=O) groups excluding carboxylic acids is 1. The van der Waals surface area contributed by atoms with Gasteiger partial charge in [0.05, 0.1) is 0 Å². The molecule has 0 aromatic rings. The summed E-state index contributed by atoms with van der Waals surface area (Å²) in [4.78, 5) is 15.9. The second-order valence-electron chi connectivity index (χ2n) is 5.55. The van der Waals surface area contributed by atoms with Crippen molar-refractivity contribution < 1.29 is 4.79 Å². The van der Waals surface area contributed by atoms with Crippen LogP contribution in [0.3, 0.4) is 0 Å². The van der Waals surface area contributed by atoms with E-state index in [1.54, 1.807) is 4.90 Å². The predicted molar refractivity (Wildman–Crippen MR) is 60.6 cm³/mol. The maximum atomic E-state index is 11.7. The van der Waals surface area contributed by atoms with E-state index < -0.39 is 0 Å². The Morgan fingerprint density at radius 2 is 2.00 bits per heavy atom. The number of amides is 1. The van der Waals surface area contributed by atoms with Gasteiger partial charge in [-0.2, -0.15) is 0 Å². The van der Waals surface area contributed by atoms with Crippen molar-refractivity contribution in [1.29, 1.82) is 0 Å². The van der Waals surface area contributed by atoms with Crippen LogP contribution in [0.25, 0.3) is 0 Å². The van der Waals surface area contributed by atoms with Gasteiger partial charge in [0.15, 0.2) is 0 Å². The average Bonchev–Trinajstić information content (AvgIpc) is 2.05. The zero-order valence-electron chi connectivity index (χ0n) is 10.1. The summed E-state index contributed by atoms with van der Waals surface area (Å²) >= 11 is 0. The summed E-state index contributed by atoms with van der Waals surface area (Å²) in [5.41, 5.74) is 0.533. The van der Waals surface area contributed by atoms with Crippen LogP contribution in [0.1, 0.15) is 26.2 Å². The molecule has 0 aromatic carbocycles. The molecule has 0 atom stereocenters. The molecule has 1 aliphatic heterocycles. The highest BCUT2D eigenvalue weighted by molar-refractivity contribution is 5.79. The largest absolute Gasteiger partial charge is 0.349 e. The molecule has 2 rings (SSSR count). The summed E-state index contributed by atoms with van der Waals surface area (Å²) in [6.45, 7) is 5.92. The first-order valence-electron chi connectivity index (χ1n) is 6.00. The molecule has 1 heterocycles. The average molecular weight is 210 g/mol. The molecular weight excluding hydrogens is 188 g/mol. The quantitative estimate of drug-likeness (QED) is 0.699. The molecule has 3 heteroatoms. The third-order valence-corrected chi connectivity index (χ3v) is 3.81. The number of hydrogen-bond donors (Lipinski definition) is 0. The van der Waals surface area contributed by atoms with Gasteiger partial charge >= 0.3 is 0 Å². The standard InChI is InChI=1S/C12H22N2O/c1-4-5-14-8-12(9-14)6-10(7-12)11(15)13(2)3/h10H,4-9H2,1-3H3. The zero-order chi connectivity index (χ0) is 11.1. The van der Waals surface area contributed by atoms with Gasteiger partial charge in [0.1, 0.15) is 0 Å². The van der Waals surface area contributed by atoms with Crippen LogP contribution >= 0.6 is 0 Å². The Kier molecular flexibility index (Phi) is 2.75. The Morgan fingerprint density at radius 1 is 1.40 bits per heavy atom. The fourth-order valence-corrected chi connectivity index (χ4v) is 3.16. The summed E-state index contributed by atoms with van der Waals surface area (Å²) < 4.78 is 0. The van der Waals surface area contributed by atoms with E-state index in [0.29, 0.717) is 17.2 Å². The van der Waals surface area contributed by atoms with Crippen LogP contribution in [0.5, 0.6) is 0 Å². The Morgan fingerprint density at radius 3 is 2.47 bits per heavy atom. The lowest BCUT2D eigenvalue weighted by atomic mass is 9.57. The highest BCUT2D eigenvalue weighted by atomic mass is 16.2. The second-order valence-corrected chi connectivity index (χ2v) is 5.55. The van der Waals surface area contributed by atoms with E-state index in [0.717, 1.165) is 12.8 Å². The summed E-state index contributed by atoms with van der Waals surface area (Å²) in [5, 5.41) is 0. The summed E-state index contributed by atoms with van der Waals surface area (Å²) in [6, 6.07) is 0. The molecule has 86 valence electrons. The van der Waals surface area contributed by atoms with E-state index in [2.05, 4.69) is 11.8 Å². The van der Waals surface area contributed by atoms with E-state index in [1.165, 1.54) is 26.1 Å². The van der Waals surface area contributed by atoms with Gasteiger partial charge in [0, 0.05) is 33.1 Å². The Hall–Kier alpha value is -0.570. The minimum absolute atomic E-state index is 0.323. The van der Waals surface area contributed by atoms with Gasteiger partial charge in [-0.05, 0) is 31.2 Å². The Labute approximate surface area is 92.4 Å². The summed E-state index contributed by atoms with van der Waals surface area (Å²) in [5.74, 6) is 0.651. The smallest absolute Gasteiger partial charge is 0.225 e. The van der Waals surface area contributed by atoms with Gasteiger partial charge in [-0.1, -0.05) is 6.92 Å². The minimum Gasteiger partial charge on any atom is -0.349 e. The van der Waals surface area contributed by atoms with Crippen molar-refractivity contribution in [2.75, 3.05) is 33.7 Å². The van der Waals surface area contributed by atoms with Crippen LogP contribution < -0.4 is 0 Å². The highest BCUT2D eigenvalue weighted by Gasteiger charge is 2.53. The van der Waals surface area contributed by atoms with Crippen molar-refractivity contribution in [2.45, 2.75) is 26.2 Å². The van der Waals surface area contributed by atoms with Crippen molar-refractivity contribution in [3.8, 4) is 0 Å². The first-order valence-corrected chi connectivity index (χ1v) is 6.00. The van der Waals surface area contributed by atoms with Gasteiger partial charge < -0.3 is 9.80 Å². The van der Waals surface area contributed by atoms with E-state index in [4.69, 9.17) is 0 Å². The van der Waals surface area contributed by atoms with E-state index in [-0.39, 0.29) is 0 Å². The molecule has 3 nitrogen and oxygen atoms in total. The van der Waals surface area contributed by atoms with Gasteiger partial charge in [0.2, 0.25) is 5.91 Å². The van der Waals surface area contributed by atoms with E-state index in [9.17, 15) is 4.79 Å². The Balaban J connectivity index is 1.73. The fraction of sp³-hybridized carbons (Fsp3) is 0.917. The van der Waals surface area contributed by atoms with Crippen molar-refractivity contribution in [2.24, 2.45) is 11.3 Å². The predicted octanol–water partition coefficient (Wildman–Crippen LogP) is 1.20. The van der Waals surface area contributed by atoms with Crippen molar-refractivity contribution in [1.82, 2.24) is 9.80 Å². The molecule has 0 unspecified atom stereocenters. The third kappa shape index (κ3) is 1.89.